The zero-order chi connectivity index (χ0) is 21.0. The summed E-state index contributed by atoms with van der Waals surface area (Å²) in [5.41, 5.74) is 16.1. The summed E-state index contributed by atoms with van der Waals surface area (Å²) in [6.07, 6.45) is 1.84. The molecule has 0 aliphatic rings. The Hall–Kier alpha value is -3.87. The van der Waals surface area contributed by atoms with E-state index >= 15 is 0 Å². The van der Waals surface area contributed by atoms with E-state index < -0.39 is 0 Å². The second kappa shape index (κ2) is 8.43. The first-order valence-corrected chi connectivity index (χ1v) is 9.11. The van der Waals surface area contributed by atoms with Crippen LogP contribution in [0.25, 0.3) is 0 Å². The first-order chi connectivity index (χ1) is 13.8. The molecule has 0 unspecified atom stereocenters. The molecule has 29 heavy (non-hydrogen) atoms. The zero-order valence-electron chi connectivity index (χ0n) is 16.4. The average Bonchev–Trinajstić information content (AvgIpc) is 2.71. The van der Waals surface area contributed by atoms with Crippen molar-refractivity contribution in [3.05, 3.63) is 82.7 Å². The van der Waals surface area contributed by atoms with Gasteiger partial charge in [-0.2, -0.15) is 0 Å². The highest BCUT2D eigenvalue weighted by molar-refractivity contribution is 5.95. The molecule has 0 radical (unpaired) electrons. The van der Waals surface area contributed by atoms with Gasteiger partial charge in [0.2, 0.25) is 0 Å². The van der Waals surface area contributed by atoms with Crippen LogP contribution in [0.3, 0.4) is 0 Å². The van der Waals surface area contributed by atoms with Gasteiger partial charge in [0, 0.05) is 35.1 Å². The molecular formula is C22H24N6O. The summed E-state index contributed by atoms with van der Waals surface area (Å²) in [6, 6.07) is 14.5. The van der Waals surface area contributed by atoms with Gasteiger partial charge in [-0.25, -0.2) is 0 Å². The van der Waals surface area contributed by atoms with Crippen molar-refractivity contribution in [3.63, 3.8) is 0 Å². The molecule has 3 rings (SSSR count). The molecule has 0 saturated heterocycles. The quantitative estimate of drug-likeness (QED) is 0.311. The predicted molar refractivity (Wildman–Crippen MR) is 116 cm³/mol. The van der Waals surface area contributed by atoms with Gasteiger partial charge >= 0.3 is 0 Å². The van der Waals surface area contributed by atoms with Gasteiger partial charge in [0.1, 0.15) is 17.4 Å². The van der Waals surface area contributed by atoms with Crippen molar-refractivity contribution in [1.82, 2.24) is 4.98 Å². The molecule has 7 N–H and O–H groups in total. The first-order valence-electron chi connectivity index (χ1n) is 9.11. The predicted octanol–water partition coefficient (Wildman–Crippen LogP) is 3.67. The van der Waals surface area contributed by atoms with E-state index in [0.717, 1.165) is 22.5 Å². The molecule has 1 aromatic heterocycles. The number of amidine groups is 2. The minimum Gasteiger partial charge on any atom is -0.455 e. The Morgan fingerprint density at radius 2 is 1.48 bits per heavy atom. The third kappa shape index (κ3) is 4.70. The molecule has 0 amide bonds. The summed E-state index contributed by atoms with van der Waals surface area (Å²) in [6.45, 7) is 4.49. The Morgan fingerprint density at radius 1 is 0.931 bits per heavy atom. The van der Waals surface area contributed by atoms with Crippen LogP contribution in [0.15, 0.2) is 54.7 Å². The molecule has 0 atom stereocenters. The third-order valence-corrected chi connectivity index (χ3v) is 4.63. The van der Waals surface area contributed by atoms with Gasteiger partial charge in [0.15, 0.2) is 5.75 Å². The Labute approximate surface area is 169 Å². The minimum atomic E-state index is 0.0231. The Morgan fingerprint density at radius 3 is 2.03 bits per heavy atom. The van der Waals surface area contributed by atoms with Crippen molar-refractivity contribution in [2.75, 3.05) is 5.32 Å². The fourth-order valence-corrected chi connectivity index (χ4v) is 2.86. The van der Waals surface area contributed by atoms with E-state index in [9.17, 15) is 0 Å². The van der Waals surface area contributed by atoms with Crippen molar-refractivity contribution in [2.45, 2.75) is 20.4 Å². The van der Waals surface area contributed by atoms with E-state index in [1.165, 1.54) is 0 Å². The number of aryl methyl sites for hydroxylation is 1. The first kappa shape index (κ1) is 19.9. The summed E-state index contributed by atoms with van der Waals surface area (Å²) in [5.74, 6) is 1.45. The van der Waals surface area contributed by atoms with Crippen molar-refractivity contribution in [1.29, 1.82) is 10.8 Å². The molecule has 0 spiro atoms. The number of benzene rings is 2. The number of hydrogen-bond acceptors (Lipinski definition) is 5. The number of rotatable bonds is 7. The molecule has 3 aromatic rings. The normalized spacial score (nSPS) is 10.4. The summed E-state index contributed by atoms with van der Waals surface area (Å²) < 4.78 is 6.07. The second-order valence-corrected chi connectivity index (χ2v) is 6.71. The van der Waals surface area contributed by atoms with Crippen LogP contribution in [0.4, 0.5) is 5.69 Å². The number of nitrogen functional groups attached to an aromatic ring is 2. The molecule has 7 heteroatoms. The second-order valence-electron chi connectivity index (χ2n) is 6.71. The van der Waals surface area contributed by atoms with Crippen LogP contribution in [0.1, 0.15) is 27.9 Å². The molecule has 148 valence electrons. The number of nitrogens with one attached hydrogen (secondary N) is 3. The number of pyridine rings is 1. The highest BCUT2D eigenvalue weighted by atomic mass is 16.5. The number of hydrogen-bond donors (Lipinski definition) is 5. The molecule has 0 bridgehead atoms. The highest BCUT2D eigenvalue weighted by Gasteiger charge is 2.12. The molecule has 2 aromatic carbocycles. The SMILES string of the molecule is Cc1ncc(CNc2ccc(C(=N)N)cc2)c(C)c1Oc1ccc(C(=N)N)cc1. The molecule has 0 aliphatic heterocycles. The van der Waals surface area contributed by atoms with Gasteiger partial charge in [-0.15, -0.1) is 0 Å². The molecule has 7 nitrogen and oxygen atoms in total. The van der Waals surface area contributed by atoms with E-state index in [4.69, 9.17) is 27.0 Å². The highest BCUT2D eigenvalue weighted by Crippen LogP contribution is 2.30. The zero-order valence-corrected chi connectivity index (χ0v) is 16.4. The average molecular weight is 388 g/mol. The van der Waals surface area contributed by atoms with E-state index in [1.54, 1.807) is 24.3 Å². The van der Waals surface area contributed by atoms with E-state index in [-0.39, 0.29) is 11.7 Å². The van der Waals surface area contributed by atoms with Gasteiger partial charge in [-0.3, -0.25) is 15.8 Å². The maximum atomic E-state index is 7.48. The monoisotopic (exact) mass is 388 g/mol. The summed E-state index contributed by atoms with van der Waals surface area (Å²) in [7, 11) is 0. The van der Waals surface area contributed by atoms with Gasteiger partial charge in [0.05, 0.1) is 5.69 Å². The van der Waals surface area contributed by atoms with Crippen LogP contribution in [-0.4, -0.2) is 16.7 Å². The van der Waals surface area contributed by atoms with E-state index in [0.29, 0.717) is 29.2 Å². The van der Waals surface area contributed by atoms with E-state index in [1.807, 2.05) is 44.3 Å². The Bertz CT molecular complexity index is 1040. The maximum absolute atomic E-state index is 7.48. The maximum Gasteiger partial charge on any atom is 0.151 e. The van der Waals surface area contributed by atoms with E-state index in [2.05, 4.69) is 10.3 Å². The molecule has 0 fully saturated rings. The van der Waals surface area contributed by atoms with Gasteiger partial charge in [-0.1, -0.05) is 0 Å². The lowest BCUT2D eigenvalue weighted by Gasteiger charge is -2.16. The van der Waals surface area contributed by atoms with Crippen molar-refractivity contribution in [3.8, 4) is 11.5 Å². The summed E-state index contributed by atoms with van der Waals surface area (Å²) in [5, 5.41) is 18.3. The Balaban J connectivity index is 1.75. The Kier molecular flexibility index (Phi) is 5.78. The van der Waals surface area contributed by atoms with Crippen LogP contribution < -0.4 is 21.5 Å². The van der Waals surface area contributed by atoms with Gasteiger partial charge in [0.25, 0.3) is 0 Å². The fraction of sp³-hybridized carbons (Fsp3) is 0.136. The lowest BCUT2D eigenvalue weighted by Crippen LogP contribution is -2.11. The number of anilines is 1. The van der Waals surface area contributed by atoms with Crippen molar-refractivity contribution >= 4 is 17.4 Å². The molecule has 0 saturated carbocycles. The number of ether oxygens (including phenoxy) is 1. The third-order valence-electron chi connectivity index (χ3n) is 4.63. The van der Waals surface area contributed by atoms with Crippen LogP contribution in [-0.2, 0) is 6.54 Å². The lowest BCUT2D eigenvalue weighted by atomic mass is 10.1. The number of nitrogens with two attached hydrogens (primary N) is 2. The van der Waals surface area contributed by atoms with Crippen LogP contribution in [0.5, 0.6) is 11.5 Å². The number of nitrogens with zero attached hydrogens (tertiary/aromatic N) is 1. The lowest BCUT2D eigenvalue weighted by molar-refractivity contribution is 0.471. The number of aromatic nitrogens is 1. The summed E-state index contributed by atoms with van der Waals surface area (Å²) >= 11 is 0. The summed E-state index contributed by atoms with van der Waals surface area (Å²) in [4.78, 5) is 4.47. The van der Waals surface area contributed by atoms with Crippen molar-refractivity contribution < 1.29 is 4.74 Å². The van der Waals surface area contributed by atoms with Crippen LogP contribution in [0, 0.1) is 24.7 Å². The van der Waals surface area contributed by atoms with Gasteiger partial charge < -0.3 is 21.5 Å². The molecular weight excluding hydrogens is 364 g/mol. The molecule has 1 heterocycles. The smallest absolute Gasteiger partial charge is 0.151 e. The molecule has 0 aliphatic carbocycles. The van der Waals surface area contributed by atoms with Crippen LogP contribution >= 0.6 is 0 Å². The largest absolute Gasteiger partial charge is 0.455 e. The topological polar surface area (TPSA) is 134 Å². The van der Waals surface area contributed by atoms with Crippen LogP contribution in [0.2, 0.25) is 0 Å². The van der Waals surface area contributed by atoms with Gasteiger partial charge in [-0.05, 0) is 67.9 Å². The van der Waals surface area contributed by atoms with Crippen molar-refractivity contribution in [2.24, 2.45) is 11.5 Å². The minimum absolute atomic E-state index is 0.0231. The standard InChI is InChI=1S/C22H24N6O/c1-13-17(12-28-18-7-3-15(4-8-18)21(23)24)11-27-14(2)20(13)29-19-9-5-16(6-10-19)22(25)26/h3-11,28H,12H2,1-2H3,(H3,23,24)(H3,25,26). The fourth-order valence-electron chi connectivity index (χ4n) is 2.86.